The van der Waals surface area contributed by atoms with E-state index in [1.165, 1.54) is 6.07 Å². The lowest BCUT2D eigenvalue weighted by atomic mass is 10.1. The van der Waals surface area contributed by atoms with Crippen LogP contribution in [0.3, 0.4) is 0 Å². The molecule has 2 aromatic carbocycles. The molecule has 1 aliphatic rings. The molecule has 1 atom stereocenters. The van der Waals surface area contributed by atoms with Gasteiger partial charge in [0.2, 0.25) is 5.91 Å². The molecule has 3 rings (SSSR count). The number of carbonyl (C=O) groups excluding carboxylic acids is 2. The zero-order valence-corrected chi connectivity index (χ0v) is 20.3. The van der Waals surface area contributed by atoms with Gasteiger partial charge in [0, 0.05) is 17.1 Å². The summed E-state index contributed by atoms with van der Waals surface area (Å²) < 4.78 is 31.2. The van der Waals surface area contributed by atoms with Crippen LogP contribution in [0.15, 0.2) is 41.3 Å². The quantitative estimate of drug-likeness (QED) is 0.312. The molecule has 0 aliphatic carbocycles. The molecule has 1 saturated heterocycles. The van der Waals surface area contributed by atoms with Crippen LogP contribution in [0.25, 0.3) is 0 Å². The third-order valence-electron chi connectivity index (χ3n) is 5.28. The molecule has 34 heavy (non-hydrogen) atoms. The van der Waals surface area contributed by atoms with Gasteiger partial charge in [0.1, 0.15) is 11.9 Å². The first-order chi connectivity index (χ1) is 16.0. The molecular formula is C22H26ClN5O5S. The van der Waals surface area contributed by atoms with Gasteiger partial charge in [-0.2, -0.15) is 0 Å². The van der Waals surface area contributed by atoms with Crippen LogP contribution in [-0.2, 0) is 30.9 Å². The number of sulfonamides is 1. The maximum absolute atomic E-state index is 12.9. The number of nitrogen functional groups attached to an aromatic ring is 1. The first-order valence-electron chi connectivity index (χ1n) is 10.4. The van der Waals surface area contributed by atoms with E-state index in [2.05, 4.69) is 10.1 Å². The molecule has 182 valence electrons. The van der Waals surface area contributed by atoms with Crippen LogP contribution < -0.4 is 15.9 Å². The Hall–Kier alpha value is -2.99. The standard InChI is InChI=1S/C22H26ClN5O5S/c1-13-10-19(14(2)9-17(13)23)34(31,32)27-28-7-8-33-18(22(28)30)11-20(29)26-12-15-3-5-16(6-4-15)21(24)25/h3-6,9-10,18,27H,7-8,11-12H2,1-2H3,(H3,24,25)(H,26,29)/t18-/m0/s1. The Kier molecular flexibility index (Phi) is 7.93. The van der Waals surface area contributed by atoms with Crippen molar-refractivity contribution < 1.29 is 22.7 Å². The monoisotopic (exact) mass is 507 g/mol. The van der Waals surface area contributed by atoms with Crippen LogP contribution in [0.4, 0.5) is 0 Å². The zero-order chi connectivity index (χ0) is 25.0. The molecule has 0 bridgehead atoms. The normalized spacial score (nSPS) is 16.4. The fourth-order valence-corrected chi connectivity index (χ4v) is 4.96. The van der Waals surface area contributed by atoms with Crippen LogP contribution in [0.5, 0.6) is 0 Å². The lowest BCUT2D eigenvalue weighted by molar-refractivity contribution is -0.157. The molecule has 0 radical (unpaired) electrons. The average Bonchev–Trinajstić information content (AvgIpc) is 2.77. The van der Waals surface area contributed by atoms with Crippen molar-refractivity contribution in [2.75, 3.05) is 13.2 Å². The molecule has 2 aromatic rings. The number of ether oxygens (including phenoxy) is 1. The smallest absolute Gasteiger partial charge is 0.267 e. The van der Waals surface area contributed by atoms with Gasteiger partial charge in [0.25, 0.3) is 15.9 Å². The minimum atomic E-state index is -4.05. The predicted molar refractivity (Wildman–Crippen MR) is 127 cm³/mol. The molecule has 0 spiro atoms. The molecule has 10 nitrogen and oxygen atoms in total. The topological polar surface area (TPSA) is 155 Å². The Labute approximate surface area is 202 Å². The molecule has 0 unspecified atom stereocenters. The van der Waals surface area contributed by atoms with Crippen molar-refractivity contribution in [1.29, 1.82) is 5.41 Å². The number of amides is 2. The fraction of sp³-hybridized carbons (Fsp3) is 0.318. The first-order valence-corrected chi connectivity index (χ1v) is 12.3. The Bertz CT molecular complexity index is 1220. The number of aryl methyl sites for hydroxylation is 2. The number of carbonyl (C=O) groups is 2. The van der Waals surface area contributed by atoms with E-state index < -0.39 is 27.9 Å². The number of nitrogens with one attached hydrogen (secondary N) is 3. The highest BCUT2D eigenvalue weighted by atomic mass is 35.5. The molecule has 5 N–H and O–H groups in total. The third-order valence-corrected chi connectivity index (χ3v) is 7.16. The maximum atomic E-state index is 12.9. The van der Waals surface area contributed by atoms with Crippen molar-refractivity contribution in [2.45, 2.75) is 37.8 Å². The number of hydrogen-bond acceptors (Lipinski definition) is 6. The van der Waals surface area contributed by atoms with Gasteiger partial charge < -0.3 is 15.8 Å². The number of nitrogens with two attached hydrogens (primary N) is 1. The third kappa shape index (κ3) is 6.11. The lowest BCUT2D eigenvalue weighted by Crippen LogP contribution is -2.56. The highest BCUT2D eigenvalue weighted by Crippen LogP contribution is 2.24. The second-order valence-electron chi connectivity index (χ2n) is 7.90. The van der Waals surface area contributed by atoms with Gasteiger partial charge in [-0.3, -0.25) is 20.0 Å². The van der Waals surface area contributed by atoms with E-state index in [0.717, 1.165) is 10.6 Å². The van der Waals surface area contributed by atoms with Crippen LogP contribution >= 0.6 is 11.6 Å². The summed E-state index contributed by atoms with van der Waals surface area (Å²) in [5.41, 5.74) is 7.81. The molecule has 12 heteroatoms. The van der Waals surface area contributed by atoms with Crippen molar-refractivity contribution >= 4 is 39.3 Å². The van der Waals surface area contributed by atoms with Crippen molar-refractivity contribution in [3.05, 3.63) is 63.7 Å². The first kappa shape index (κ1) is 25.6. The summed E-state index contributed by atoms with van der Waals surface area (Å²) in [4.78, 5) is 27.5. The molecule has 1 aliphatic heterocycles. The van der Waals surface area contributed by atoms with Gasteiger partial charge in [-0.05, 0) is 42.7 Å². The highest BCUT2D eigenvalue weighted by Gasteiger charge is 2.34. The largest absolute Gasteiger partial charge is 0.384 e. The van der Waals surface area contributed by atoms with E-state index in [-0.39, 0.29) is 36.8 Å². The van der Waals surface area contributed by atoms with Crippen molar-refractivity contribution in [3.63, 3.8) is 0 Å². The molecule has 0 aromatic heterocycles. The van der Waals surface area contributed by atoms with E-state index in [0.29, 0.717) is 21.7 Å². The maximum Gasteiger partial charge on any atom is 0.267 e. The summed E-state index contributed by atoms with van der Waals surface area (Å²) >= 11 is 6.06. The number of benzene rings is 2. The second-order valence-corrected chi connectivity index (χ2v) is 9.94. The van der Waals surface area contributed by atoms with E-state index in [9.17, 15) is 18.0 Å². The minimum Gasteiger partial charge on any atom is -0.384 e. The van der Waals surface area contributed by atoms with Gasteiger partial charge in [0.15, 0.2) is 0 Å². The fourth-order valence-electron chi connectivity index (χ4n) is 3.36. The van der Waals surface area contributed by atoms with E-state index >= 15 is 0 Å². The Morgan fingerprint density at radius 3 is 2.56 bits per heavy atom. The van der Waals surface area contributed by atoms with Crippen molar-refractivity contribution in [3.8, 4) is 0 Å². The number of amidine groups is 1. The predicted octanol–water partition coefficient (Wildman–Crippen LogP) is 1.37. The van der Waals surface area contributed by atoms with E-state index in [4.69, 9.17) is 27.5 Å². The van der Waals surface area contributed by atoms with Gasteiger partial charge in [0.05, 0.1) is 24.5 Å². The number of hydrazine groups is 1. The number of halogens is 1. The number of morpholine rings is 1. The lowest BCUT2D eigenvalue weighted by Gasteiger charge is -2.32. The van der Waals surface area contributed by atoms with Crippen molar-refractivity contribution in [1.82, 2.24) is 15.2 Å². The Balaban J connectivity index is 1.60. The van der Waals surface area contributed by atoms with E-state index in [1.54, 1.807) is 44.2 Å². The molecule has 1 heterocycles. The number of hydrogen-bond donors (Lipinski definition) is 4. The molecular weight excluding hydrogens is 482 g/mol. The van der Waals surface area contributed by atoms with Crippen molar-refractivity contribution in [2.24, 2.45) is 5.73 Å². The highest BCUT2D eigenvalue weighted by molar-refractivity contribution is 7.89. The molecule has 2 amide bonds. The van der Waals surface area contributed by atoms with Crippen LogP contribution in [0.2, 0.25) is 5.02 Å². The molecule has 0 saturated carbocycles. The number of nitrogens with zero attached hydrogens (tertiary/aromatic N) is 1. The van der Waals surface area contributed by atoms with E-state index in [1.807, 2.05) is 0 Å². The summed E-state index contributed by atoms with van der Waals surface area (Å²) in [5.74, 6) is -1.13. The van der Waals surface area contributed by atoms with Crippen LogP contribution in [0, 0.1) is 19.3 Å². The SMILES string of the molecule is Cc1cc(S(=O)(=O)NN2CCO[C@@H](CC(=O)NCc3ccc(C(=N)N)cc3)C2=O)c(C)cc1Cl. The number of rotatable bonds is 8. The van der Waals surface area contributed by atoms with Gasteiger partial charge in [-0.1, -0.05) is 35.9 Å². The minimum absolute atomic E-state index is 0.00427. The van der Waals surface area contributed by atoms with Gasteiger partial charge >= 0.3 is 0 Å². The Morgan fingerprint density at radius 2 is 1.91 bits per heavy atom. The summed E-state index contributed by atoms with van der Waals surface area (Å²) in [7, 11) is -4.05. The molecule has 1 fully saturated rings. The van der Waals surface area contributed by atoms with Gasteiger partial charge in [-0.25, -0.2) is 8.42 Å². The summed E-state index contributed by atoms with van der Waals surface area (Å²) in [5, 5.41) is 11.5. The summed E-state index contributed by atoms with van der Waals surface area (Å²) in [6.07, 6.45) is -1.38. The zero-order valence-electron chi connectivity index (χ0n) is 18.7. The summed E-state index contributed by atoms with van der Waals surface area (Å²) in [6.45, 7) is 3.58. The van der Waals surface area contributed by atoms with Crippen LogP contribution in [0.1, 0.15) is 28.7 Å². The van der Waals surface area contributed by atoms with Crippen LogP contribution in [-0.4, -0.2) is 50.3 Å². The average molecular weight is 508 g/mol. The Morgan fingerprint density at radius 1 is 1.24 bits per heavy atom. The van der Waals surface area contributed by atoms with Gasteiger partial charge in [-0.15, -0.1) is 4.83 Å². The second kappa shape index (κ2) is 10.5. The summed E-state index contributed by atoms with van der Waals surface area (Å²) in [6, 6.07) is 9.80.